The van der Waals surface area contributed by atoms with Crippen molar-refractivity contribution < 1.29 is 0 Å². The van der Waals surface area contributed by atoms with Crippen molar-refractivity contribution in [2.75, 3.05) is 0 Å². The van der Waals surface area contributed by atoms with Crippen LogP contribution in [0.1, 0.15) is 30.1 Å². The van der Waals surface area contributed by atoms with Gasteiger partial charge in [-0.25, -0.2) is 4.98 Å². The van der Waals surface area contributed by atoms with E-state index in [0.29, 0.717) is 23.1 Å². The Bertz CT molecular complexity index is 745. The number of aromatic nitrogens is 2. The van der Waals surface area contributed by atoms with Crippen LogP contribution in [0, 0.1) is 0 Å². The second kappa shape index (κ2) is 5.87. The number of aromatic amines is 1. The molecule has 3 aromatic heterocycles. The van der Waals surface area contributed by atoms with Crippen LogP contribution in [0.15, 0.2) is 33.8 Å². The Morgan fingerprint density at radius 1 is 1.35 bits per heavy atom. The van der Waals surface area contributed by atoms with E-state index in [2.05, 4.69) is 39.7 Å². The molecule has 3 heterocycles. The van der Waals surface area contributed by atoms with E-state index >= 15 is 0 Å². The molecule has 1 unspecified atom stereocenters. The summed E-state index contributed by atoms with van der Waals surface area (Å²) in [7, 11) is 0. The molecule has 1 atom stereocenters. The van der Waals surface area contributed by atoms with Crippen LogP contribution in [0.2, 0.25) is 0 Å². The van der Waals surface area contributed by atoms with Crippen LogP contribution in [0.25, 0.3) is 10.2 Å². The van der Waals surface area contributed by atoms with E-state index in [0.717, 1.165) is 11.9 Å². The van der Waals surface area contributed by atoms with Crippen LogP contribution < -0.4 is 10.9 Å². The Kier molecular flexibility index (Phi) is 3.95. The Balaban J connectivity index is 1.77. The minimum absolute atomic E-state index is 0.0500. The first-order valence-electron chi connectivity index (χ1n) is 6.51. The van der Waals surface area contributed by atoms with Crippen LogP contribution in [0.5, 0.6) is 0 Å². The minimum Gasteiger partial charge on any atom is -0.308 e. The number of thiophene rings is 2. The fraction of sp³-hybridized carbons (Fsp3) is 0.286. The van der Waals surface area contributed by atoms with Crippen molar-refractivity contribution in [3.05, 3.63) is 50.0 Å². The van der Waals surface area contributed by atoms with Gasteiger partial charge in [0.05, 0.1) is 12.1 Å². The number of hydrogen-bond donors (Lipinski definition) is 2. The molecule has 0 aliphatic heterocycles. The monoisotopic (exact) mass is 305 g/mol. The van der Waals surface area contributed by atoms with Crippen LogP contribution in [0.3, 0.4) is 0 Å². The third-order valence-electron chi connectivity index (χ3n) is 3.17. The first kappa shape index (κ1) is 13.5. The van der Waals surface area contributed by atoms with E-state index < -0.39 is 0 Å². The number of hydrogen-bond acceptors (Lipinski definition) is 5. The van der Waals surface area contributed by atoms with Crippen LogP contribution in [0.4, 0.5) is 0 Å². The van der Waals surface area contributed by atoms with Gasteiger partial charge in [-0.15, -0.1) is 22.7 Å². The van der Waals surface area contributed by atoms with Crippen molar-refractivity contribution in [2.24, 2.45) is 0 Å². The SMILES string of the molecule is CCC(NCc1nc2ccsc2c(=O)[nH]1)c1cccs1. The van der Waals surface area contributed by atoms with Crippen molar-refractivity contribution >= 4 is 32.9 Å². The summed E-state index contributed by atoms with van der Waals surface area (Å²) in [4.78, 5) is 20.5. The van der Waals surface area contributed by atoms with E-state index in [1.165, 1.54) is 16.2 Å². The van der Waals surface area contributed by atoms with Gasteiger partial charge in [0.1, 0.15) is 10.5 Å². The molecule has 20 heavy (non-hydrogen) atoms. The summed E-state index contributed by atoms with van der Waals surface area (Å²) in [5, 5.41) is 7.43. The fourth-order valence-corrected chi connectivity index (χ4v) is 3.77. The second-order valence-electron chi connectivity index (χ2n) is 4.50. The number of rotatable bonds is 5. The molecule has 3 aromatic rings. The molecule has 0 saturated heterocycles. The Labute approximate surface area is 124 Å². The molecule has 0 fully saturated rings. The molecular formula is C14H15N3OS2. The van der Waals surface area contributed by atoms with Gasteiger partial charge < -0.3 is 10.3 Å². The van der Waals surface area contributed by atoms with Gasteiger partial charge in [-0.2, -0.15) is 0 Å². The van der Waals surface area contributed by atoms with E-state index in [-0.39, 0.29) is 5.56 Å². The van der Waals surface area contributed by atoms with Crippen LogP contribution in [-0.4, -0.2) is 9.97 Å². The molecule has 0 bridgehead atoms. The third kappa shape index (κ3) is 2.67. The number of nitrogens with zero attached hydrogens (tertiary/aromatic N) is 1. The summed E-state index contributed by atoms with van der Waals surface area (Å²) in [6.07, 6.45) is 1.01. The summed E-state index contributed by atoms with van der Waals surface area (Å²) in [6.45, 7) is 2.72. The molecule has 104 valence electrons. The molecule has 0 amide bonds. The number of nitrogens with one attached hydrogen (secondary N) is 2. The van der Waals surface area contributed by atoms with Crippen molar-refractivity contribution in [2.45, 2.75) is 25.9 Å². The predicted octanol–water partition coefficient (Wildman–Crippen LogP) is 3.29. The van der Waals surface area contributed by atoms with Gasteiger partial charge in [0.25, 0.3) is 5.56 Å². The van der Waals surface area contributed by atoms with E-state index in [1.54, 1.807) is 11.3 Å². The number of H-pyrrole nitrogens is 1. The van der Waals surface area contributed by atoms with Gasteiger partial charge in [-0.05, 0) is 29.3 Å². The molecule has 0 aliphatic rings. The van der Waals surface area contributed by atoms with Gasteiger partial charge in [0.2, 0.25) is 0 Å². The van der Waals surface area contributed by atoms with Crippen molar-refractivity contribution in [3.63, 3.8) is 0 Å². The standard InChI is InChI=1S/C14H15N3OS2/c1-2-9(11-4-3-6-19-11)15-8-12-16-10-5-7-20-13(10)14(18)17-12/h3-7,9,15H,2,8H2,1H3,(H,16,17,18). The highest BCUT2D eigenvalue weighted by atomic mass is 32.1. The first-order chi connectivity index (χ1) is 9.78. The average molecular weight is 305 g/mol. The average Bonchev–Trinajstić information content (AvgIpc) is 3.10. The zero-order valence-corrected chi connectivity index (χ0v) is 12.7. The Morgan fingerprint density at radius 2 is 2.25 bits per heavy atom. The van der Waals surface area contributed by atoms with Crippen molar-refractivity contribution in [1.82, 2.24) is 15.3 Å². The lowest BCUT2D eigenvalue weighted by Gasteiger charge is -2.14. The lowest BCUT2D eigenvalue weighted by atomic mass is 10.2. The molecule has 0 radical (unpaired) electrons. The van der Waals surface area contributed by atoms with Gasteiger partial charge in [-0.1, -0.05) is 13.0 Å². The van der Waals surface area contributed by atoms with E-state index in [1.807, 2.05) is 11.4 Å². The molecular weight excluding hydrogens is 290 g/mol. The maximum absolute atomic E-state index is 11.9. The highest BCUT2D eigenvalue weighted by Gasteiger charge is 2.11. The Hall–Kier alpha value is -1.50. The lowest BCUT2D eigenvalue weighted by Crippen LogP contribution is -2.22. The van der Waals surface area contributed by atoms with Crippen LogP contribution in [-0.2, 0) is 6.54 Å². The summed E-state index contributed by atoms with van der Waals surface area (Å²) >= 11 is 3.17. The fourth-order valence-electron chi connectivity index (χ4n) is 2.16. The molecule has 0 spiro atoms. The predicted molar refractivity (Wildman–Crippen MR) is 84.4 cm³/mol. The molecule has 0 aromatic carbocycles. The smallest absolute Gasteiger partial charge is 0.268 e. The first-order valence-corrected chi connectivity index (χ1v) is 8.27. The summed E-state index contributed by atoms with van der Waals surface area (Å²) in [5.74, 6) is 0.691. The van der Waals surface area contributed by atoms with Gasteiger partial charge in [0, 0.05) is 10.9 Å². The maximum Gasteiger partial charge on any atom is 0.268 e. The van der Waals surface area contributed by atoms with E-state index in [9.17, 15) is 4.79 Å². The highest BCUT2D eigenvalue weighted by Crippen LogP contribution is 2.22. The zero-order valence-electron chi connectivity index (χ0n) is 11.1. The normalized spacial score (nSPS) is 12.8. The topological polar surface area (TPSA) is 57.8 Å². The Morgan fingerprint density at radius 3 is 3.00 bits per heavy atom. The largest absolute Gasteiger partial charge is 0.308 e. The van der Waals surface area contributed by atoms with E-state index in [4.69, 9.17) is 0 Å². The van der Waals surface area contributed by atoms with Crippen molar-refractivity contribution in [1.29, 1.82) is 0 Å². The van der Waals surface area contributed by atoms with Crippen molar-refractivity contribution in [3.8, 4) is 0 Å². The molecule has 0 aliphatic carbocycles. The zero-order chi connectivity index (χ0) is 13.9. The van der Waals surface area contributed by atoms with Crippen LogP contribution >= 0.6 is 22.7 Å². The lowest BCUT2D eigenvalue weighted by molar-refractivity contribution is 0.516. The van der Waals surface area contributed by atoms with Gasteiger partial charge >= 0.3 is 0 Å². The molecule has 2 N–H and O–H groups in total. The summed E-state index contributed by atoms with van der Waals surface area (Å²) in [5.41, 5.74) is 0.727. The minimum atomic E-state index is -0.0500. The molecule has 3 rings (SSSR count). The van der Waals surface area contributed by atoms with Gasteiger partial charge in [0.15, 0.2) is 0 Å². The van der Waals surface area contributed by atoms with Gasteiger partial charge in [-0.3, -0.25) is 4.79 Å². The quantitative estimate of drug-likeness (QED) is 0.760. The summed E-state index contributed by atoms with van der Waals surface area (Å²) < 4.78 is 0.694. The molecule has 0 saturated carbocycles. The molecule has 4 nitrogen and oxygen atoms in total. The number of fused-ring (bicyclic) bond motifs is 1. The third-order valence-corrected chi connectivity index (χ3v) is 5.06. The second-order valence-corrected chi connectivity index (χ2v) is 6.40. The summed E-state index contributed by atoms with van der Waals surface area (Å²) in [6, 6.07) is 6.37. The molecule has 6 heteroatoms. The highest BCUT2D eigenvalue weighted by molar-refractivity contribution is 7.17. The maximum atomic E-state index is 11.9.